The van der Waals surface area contributed by atoms with Crippen LogP contribution in [0, 0.1) is 11.3 Å². The van der Waals surface area contributed by atoms with Gasteiger partial charge >= 0.3 is 0 Å². The first-order chi connectivity index (χ1) is 7.89. The SMILES string of the molecule is CC(CC(=O)NCC1CNCCO1)C(C)(C)C. The van der Waals surface area contributed by atoms with Crippen LogP contribution in [0.15, 0.2) is 0 Å². The van der Waals surface area contributed by atoms with E-state index in [0.29, 0.717) is 18.9 Å². The zero-order valence-corrected chi connectivity index (χ0v) is 11.5. The Morgan fingerprint density at radius 1 is 1.53 bits per heavy atom. The fourth-order valence-electron chi connectivity index (χ4n) is 1.63. The number of rotatable bonds is 4. The van der Waals surface area contributed by atoms with Crippen molar-refractivity contribution in [3.63, 3.8) is 0 Å². The summed E-state index contributed by atoms with van der Waals surface area (Å²) < 4.78 is 5.52. The predicted octanol–water partition coefficient (Wildman–Crippen LogP) is 1.16. The zero-order valence-electron chi connectivity index (χ0n) is 11.5. The van der Waals surface area contributed by atoms with Gasteiger partial charge in [0.15, 0.2) is 0 Å². The third-order valence-electron chi connectivity index (χ3n) is 3.50. The number of morpholine rings is 1. The second-order valence-corrected chi connectivity index (χ2v) is 5.97. The molecule has 4 heteroatoms. The van der Waals surface area contributed by atoms with E-state index >= 15 is 0 Å². The molecule has 0 spiro atoms. The van der Waals surface area contributed by atoms with Gasteiger partial charge in [0.1, 0.15) is 0 Å². The highest BCUT2D eigenvalue weighted by Gasteiger charge is 2.23. The zero-order chi connectivity index (χ0) is 12.9. The van der Waals surface area contributed by atoms with Crippen molar-refractivity contribution in [1.82, 2.24) is 10.6 Å². The van der Waals surface area contributed by atoms with Crippen LogP contribution in [-0.2, 0) is 9.53 Å². The van der Waals surface area contributed by atoms with Crippen molar-refractivity contribution in [3.8, 4) is 0 Å². The minimum atomic E-state index is 0.123. The van der Waals surface area contributed by atoms with Crippen LogP contribution in [0.5, 0.6) is 0 Å². The van der Waals surface area contributed by atoms with Crippen LogP contribution in [0.3, 0.4) is 0 Å². The van der Waals surface area contributed by atoms with Crippen LogP contribution in [0.4, 0.5) is 0 Å². The molecule has 17 heavy (non-hydrogen) atoms. The Balaban J connectivity index is 2.20. The number of carbonyl (C=O) groups excluding carboxylic acids is 1. The quantitative estimate of drug-likeness (QED) is 0.778. The molecule has 0 aromatic carbocycles. The Morgan fingerprint density at radius 2 is 2.24 bits per heavy atom. The maximum absolute atomic E-state index is 11.8. The lowest BCUT2D eigenvalue weighted by Gasteiger charge is -2.27. The lowest BCUT2D eigenvalue weighted by molar-refractivity contribution is -0.123. The van der Waals surface area contributed by atoms with E-state index in [-0.39, 0.29) is 17.4 Å². The summed E-state index contributed by atoms with van der Waals surface area (Å²) >= 11 is 0. The van der Waals surface area contributed by atoms with Gasteiger partial charge in [0.2, 0.25) is 5.91 Å². The summed E-state index contributed by atoms with van der Waals surface area (Å²) in [6, 6.07) is 0. The molecule has 0 aromatic heterocycles. The van der Waals surface area contributed by atoms with Crippen molar-refractivity contribution >= 4 is 5.91 Å². The number of amides is 1. The molecule has 2 unspecified atom stereocenters. The lowest BCUT2D eigenvalue weighted by atomic mass is 9.80. The molecule has 1 aliphatic rings. The minimum absolute atomic E-state index is 0.123. The van der Waals surface area contributed by atoms with Crippen molar-refractivity contribution in [2.24, 2.45) is 11.3 Å². The number of nitrogens with one attached hydrogen (secondary N) is 2. The molecule has 4 nitrogen and oxygen atoms in total. The molecule has 0 saturated carbocycles. The summed E-state index contributed by atoms with van der Waals surface area (Å²) in [5.74, 6) is 0.509. The number of ether oxygens (including phenoxy) is 1. The number of carbonyl (C=O) groups is 1. The molecule has 1 fully saturated rings. The molecule has 0 aromatic rings. The fourth-order valence-corrected chi connectivity index (χ4v) is 1.63. The Labute approximate surface area is 104 Å². The molecule has 0 radical (unpaired) electrons. The first kappa shape index (κ1) is 14.5. The molecule has 1 aliphatic heterocycles. The van der Waals surface area contributed by atoms with Gasteiger partial charge < -0.3 is 15.4 Å². The Hall–Kier alpha value is -0.610. The maximum atomic E-state index is 11.8. The van der Waals surface area contributed by atoms with Gasteiger partial charge in [-0.05, 0) is 11.3 Å². The van der Waals surface area contributed by atoms with E-state index in [1.807, 2.05) is 0 Å². The van der Waals surface area contributed by atoms with Crippen molar-refractivity contribution in [1.29, 1.82) is 0 Å². The molecule has 1 rings (SSSR count). The maximum Gasteiger partial charge on any atom is 0.220 e. The van der Waals surface area contributed by atoms with Gasteiger partial charge in [0.25, 0.3) is 0 Å². The molecule has 100 valence electrons. The molecule has 1 heterocycles. The highest BCUT2D eigenvalue weighted by atomic mass is 16.5. The molecule has 0 aliphatic carbocycles. The van der Waals surface area contributed by atoms with Crippen LogP contribution in [-0.4, -0.2) is 38.3 Å². The molecule has 2 atom stereocenters. The number of hydrogen-bond donors (Lipinski definition) is 2. The van der Waals surface area contributed by atoms with E-state index in [9.17, 15) is 4.79 Å². The van der Waals surface area contributed by atoms with Crippen molar-refractivity contribution in [2.75, 3.05) is 26.2 Å². The normalized spacial score (nSPS) is 23.2. The highest BCUT2D eigenvalue weighted by Crippen LogP contribution is 2.27. The Bertz CT molecular complexity index is 242. The van der Waals surface area contributed by atoms with Crippen LogP contribution in [0.25, 0.3) is 0 Å². The van der Waals surface area contributed by atoms with Crippen molar-refractivity contribution in [3.05, 3.63) is 0 Å². The van der Waals surface area contributed by atoms with Crippen molar-refractivity contribution in [2.45, 2.75) is 40.2 Å². The third-order valence-corrected chi connectivity index (χ3v) is 3.50. The first-order valence-electron chi connectivity index (χ1n) is 6.48. The summed E-state index contributed by atoms with van der Waals surface area (Å²) in [5.41, 5.74) is 0.181. The van der Waals surface area contributed by atoms with Crippen molar-refractivity contribution < 1.29 is 9.53 Å². The van der Waals surface area contributed by atoms with Gasteiger partial charge in [-0.2, -0.15) is 0 Å². The van der Waals surface area contributed by atoms with Gasteiger partial charge in [-0.15, -0.1) is 0 Å². The minimum Gasteiger partial charge on any atom is -0.374 e. The Kier molecular flexibility index (Phi) is 5.40. The van der Waals surface area contributed by atoms with Gasteiger partial charge in [-0.1, -0.05) is 27.7 Å². The van der Waals surface area contributed by atoms with Crippen LogP contribution < -0.4 is 10.6 Å². The molecular formula is C13H26N2O2. The second kappa shape index (κ2) is 6.36. The van der Waals surface area contributed by atoms with E-state index in [4.69, 9.17) is 4.74 Å². The molecular weight excluding hydrogens is 216 g/mol. The standard InChI is InChI=1S/C13H26N2O2/c1-10(13(2,3)4)7-12(16)15-9-11-8-14-5-6-17-11/h10-11,14H,5-9H2,1-4H3,(H,15,16). The second-order valence-electron chi connectivity index (χ2n) is 5.97. The van der Waals surface area contributed by atoms with Gasteiger partial charge in [0.05, 0.1) is 12.7 Å². The molecule has 0 bridgehead atoms. The summed E-state index contributed by atoms with van der Waals surface area (Å²) in [6.07, 6.45) is 0.710. The van der Waals surface area contributed by atoms with Crippen LogP contribution in [0.1, 0.15) is 34.1 Å². The van der Waals surface area contributed by atoms with Crippen LogP contribution in [0.2, 0.25) is 0 Å². The number of hydrogen-bond acceptors (Lipinski definition) is 3. The topological polar surface area (TPSA) is 50.4 Å². The van der Waals surface area contributed by atoms with E-state index in [1.54, 1.807) is 0 Å². The first-order valence-corrected chi connectivity index (χ1v) is 6.48. The molecule has 1 amide bonds. The van der Waals surface area contributed by atoms with E-state index < -0.39 is 0 Å². The third kappa shape index (κ3) is 5.50. The molecule has 2 N–H and O–H groups in total. The summed E-state index contributed by atoms with van der Waals surface area (Å²) in [5, 5.41) is 6.20. The Morgan fingerprint density at radius 3 is 2.76 bits per heavy atom. The predicted molar refractivity (Wildman–Crippen MR) is 68.9 cm³/mol. The monoisotopic (exact) mass is 242 g/mol. The van der Waals surface area contributed by atoms with Gasteiger partial charge in [-0.3, -0.25) is 4.79 Å². The highest BCUT2D eigenvalue weighted by molar-refractivity contribution is 5.76. The van der Waals surface area contributed by atoms with Crippen LogP contribution >= 0.6 is 0 Å². The fraction of sp³-hybridized carbons (Fsp3) is 0.923. The average molecular weight is 242 g/mol. The van der Waals surface area contributed by atoms with E-state index in [2.05, 4.69) is 38.3 Å². The van der Waals surface area contributed by atoms with E-state index in [1.165, 1.54) is 0 Å². The summed E-state index contributed by atoms with van der Waals surface area (Å²) in [4.78, 5) is 11.8. The largest absolute Gasteiger partial charge is 0.374 e. The molecule has 1 saturated heterocycles. The summed E-state index contributed by atoms with van der Waals surface area (Å²) in [6.45, 7) is 11.7. The lowest BCUT2D eigenvalue weighted by Crippen LogP contribution is -2.45. The van der Waals surface area contributed by atoms with Gasteiger partial charge in [-0.25, -0.2) is 0 Å². The van der Waals surface area contributed by atoms with E-state index in [0.717, 1.165) is 19.7 Å². The summed E-state index contributed by atoms with van der Waals surface area (Å²) in [7, 11) is 0. The van der Waals surface area contributed by atoms with Gasteiger partial charge in [0, 0.05) is 26.1 Å². The smallest absolute Gasteiger partial charge is 0.220 e. The average Bonchev–Trinajstić information content (AvgIpc) is 2.26.